The maximum Gasteiger partial charge on any atom is 0.276 e. The number of anilines is 1. The van der Waals surface area contributed by atoms with Gasteiger partial charge in [-0.3, -0.25) is 10.1 Å². The number of benzene rings is 1. The topological polar surface area (TPSA) is 54.9 Å². The zero-order valence-corrected chi connectivity index (χ0v) is 14.0. The molecule has 0 aliphatic heterocycles. The Morgan fingerprint density at radius 3 is 2.20 bits per heavy atom. The van der Waals surface area contributed by atoms with Gasteiger partial charge in [0.25, 0.3) is 5.91 Å². The fraction of sp³-hybridized carbons (Fsp3) is 0.118. The summed E-state index contributed by atoms with van der Waals surface area (Å²) in [7, 11) is 0. The molecule has 0 bridgehead atoms. The van der Waals surface area contributed by atoms with E-state index < -0.39 is 22.7 Å². The Kier molecular flexibility index (Phi) is 4.54. The van der Waals surface area contributed by atoms with Crippen LogP contribution in [0.2, 0.25) is 0 Å². The SMILES string of the molecule is Cc1cc(-c2cc(F)cc(F)c2)cc(C(=O)Nc2nc(C)c(F)s2)n1. The lowest BCUT2D eigenvalue weighted by molar-refractivity contribution is 0.102. The van der Waals surface area contributed by atoms with E-state index in [4.69, 9.17) is 0 Å². The summed E-state index contributed by atoms with van der Waals surface area (Å²) in [6.07, 6.45) is 0. The summed E-state index contributed by atoms with van der Waals surface area (Å²) in [5.74, 6) is -2.02. The molecule has 8 heteroatoms. The largest absolute Gasteiger partial charge is 0.296 e. The minimum absolute atomic E-state index is 0.0351. The predicted octanol–water partition coefficient (Wildman–Crippen LogP) is 4.49. The maximum absolute atomic E-state index is 13.4. The molecule has 0 atom stereocenters. The van der Waals surface area contributed by atoms with Crippen LogP contribution < -0.4 is 5.32 Å². The molecule has 0 spiro atoms. The third kappa shape index (κ3) is 3.85. The number of nitrogens with one attached hydrogen (secondary N) is 1. The number of halogens is 3. The van der Waals surface area contributed by atoms with Gasteiger partial charge in [-0.05, 0) is 49.2 Å². The molecule has 0 aliphatic rings. The smallest absolute Gasteiger partial charge is 0.276 e. The Labute approximate surface area is 145 Å². The Bertz CT molecular complexity index is 932. The molecule has 0 aliphatic carbocycles. The highest BCUT2D eigenvalue weighted by molar-refractivity contribution is 7.14. The van der Waals surface area contributed by atoms with Crippen LogP contribution in [0.1, 0.15) is 21.9 Å². The van der Waals surface area contributed by atoms with E-state index in [2.05, 4.69) is 15.3 Å². The number of aryl methyl sites for hydroxylation is 2. The molecule has 0 saturated heterocycles. The highest BCUT2D eigenvalue weighted by atomic mass is 32.1. The van der Waals surface area contributed by atoms with E-state index in [1.54, 1.807) is 13.0 Å². The normalized spacial score (nSPS) is 10.8. The van der Waals surface area contributed by atoms with Crippen molar-refractivity contribution in [2.75, 3.05) is 5.32 Å². The Hall–Kier alpha value is -2.74. The van der Waals surface area contributed by atoms with Crippen molar-refractivity contribution in [1.29, 1.82) is 0 Å². The van der Waals surface area contributed by atoms with Crippen LogP contribution >= 0.6 is 11.3 Å². The van der Waals surface area contributed by atoms with Gasteiger partial charge in [0.05, 0.1) is 5.69 Å². The number of pyridine rings is 1. The van der Waals surface area contributed by atoms with Gasteiger partial charge in [-0.2, -0.15) is 4.39 Å². The fourth-order valence-corrected chi connectivity index (χ4v) is 2.95. The number of thiazole rings is 1. The molecule has 2 aromatic heterocycles. The van der Waals surface area contributed by atoms with Crippen LogP contribution in [0, 0.1) is 30.6 Å². The first-order valence-corrected chi connectivity index (χ1v) is 8.03. The average molecular weight is 363 g/mol. The molecular weight excluding hydrogens is 351 g/mol. The van der Waals surface area contributed by atoms with Crippen LogP contribution in [-0.2, 0) is 0 Å². The number of nitrogens with zero attached hydrogens (tertiary/aromatic N) is 2. The lowest BCUT2D eigenvalue weighted by Crippen LogP contribution is -2.14. The van der Waals surface area contributed by atoms with Crippen molar-refractivity contribution in [1.82, 2.24) is 9.97 Å². The molecule has 3 aromatic rings. The second-order valence-electron chi connectivity index (χ2n) is 5.37. The number of rotatable bonds is 3. The van der Waals surface area contributed by atoms with Gasteiger partial charge < -0.3 is 0 Å². The van der Waals surface area contributed by atoms with Crippen molar-refractivity contribution in [3.63, 3.8) is 0 Å². The van der Waals surface area contributed by atoms with Crippen molar-refractivity contribution < 1.29 is 18.0 Å². The standard InChI is InChI=1S/C17H12F3N3OS/c1-8-3-10(11-4-12(18)7-13(19)5-11)6-14(21-8)16(24)23-17-22-9(2)15(20)25-17/h3-7H,1-2H3,(H,22,23,24). The summed E-state index contributed by atoms with van der Waals surface area (Å²) in [6.45, 7) is 3.14. The molecule has 0 saturated carbocycles. The Morgan fingerprint density at radius 1 is 0.960 bits per heavy atom. The lowest BCUT2D eigenvalue weighted by Gasteiger charge is -2.07. The first-order chi connectivity index (χ1) is 11.8. The summed E-state index contributed by atoms with van der Waals surface area (Å²) in [5, 5.41) is 2.10. The van der Waals surface area contributed by atoms with E-state index in [0.717, 1.165) is 6.07 Å². The van der Waals surface area contributed by atoms with Gasteiger partial charge in [-0.25, -0.2) is 18.7 Å². The van der Waals surface area contributed by atoms with Crippen molar-refractivity contribution in [2.24, 2.45) is 0 Å². The zero-order chi connectivity index (χ0) is 18.1. The van der Waals surface area contributed by atoms with E-state index in [1.165, 1.54) is 25.1 Å². The van der Waals surface area contributed by atoms with Crippen molar-refractivity contribution in [3.05, 3.63) is 64.2 Å². The third-order valence-electron chi connectivity index (χ3n) is 3.34. The summed E-state index contributed by atoms with van der Waals surface area (Å²) < 4.78 is 40.2. The van der Waals surface area contributed by atoms with Crippen LogP contribution in [0.4, 0.5) is 18.3 Å². The fourth-order valence-electron chi connectivity index (χ4n) is 2.26. The van der Waals surface area contributed by atoms with E-state index >= 15 is 0 Å². The third-order valence-corrected chi connectivity index (χ3v) is 4.20. The van der Waals surface area contributed by atoms with Crippen LogP contribution in [0.3, 0.4) is 0 Å². The Balaban J connectivity index is 1.94. The van der Waals surface area contributed by atoms with Gasteiger partial charge in [0, 0.05) is 11.8 Å². The summed E-state index contributed by atoms with van der Waals surface area (Å²) in [5.41, 5.74) is 1.45. The second kappa shape index (κ2) is 6.64. The van der Waals surface area contributed by atoms with E-state index in [1.807, 2.05) is 0 Å². The predicted molar refractivity (Wildman–Crippen MR) is 89.1 cm³/mol. The summed E-state index contributed by atoms with van der Waals surface area (Å²) in [6, 6.07) is 6.12. The van der Waals surface area contributed by atoms with E-state index in [9.17, 15) is 18.0 Å². The zero-order valence-electron chi connectivity index (χ0n) is 13.2. The van der Waals surface area contributed by atoms with Gasteiger partial charge in [-0.1, -0.05) is 11.3 Å². The maximum atomic E-state index is 13.4. The molecule has 0 unspecified atom stereocenters. The molecule has 0 radical (unpaired) electrons. The monoisotopic (exact) mass is 363 g/mol. The lowest BCUT2D eigenvalue weighted by atomic mass is 10.0. The highest BCUT2D eigenvalue weighted by Gasteiger charge is 2.15. The number of hydrogen-bond donors (Lipinski definition) is 1. The molecular formula is C17H12F3N3OS. The summed E-state index contributed by atoms with van der Waals surface area (Å²) >= 11 is 0.709. The molecule has 1 aromatic carbocycles. The number of hydrogen-bond acceptors (Lipinski definition) is 4. The molecule has 0 fully saturated rings. The number of carbonyl (C=O) groups excluding carboxylic acids is 1. The molecule has 4 nitrogen and oxygen atoms in total. The van der Waals surface area contributed by atoms with Crippen LogP contribution in [0.15, 0.2) is 30.3 Å². The minimum Gasteiger partial charge on any atom is -0.296 e. The quantitative estimate of drug-likeness (QED) is 0.746. The molecule has 25 heavy (non-hydrogen) atoms. The van der Waals surface area contributed by atoms with Gasteiger partial charge in [0.1, 0.15) is 17.3 Å². The number of amides is 1. The van der Waals surface area contributed by atoms with Gasteiger partial charge >= 0.3 is 0 Å². The highest BCUT2D eigenvalue weighted by Crippen LogP contribution is 2.24. The van der Waals surface area contributed by atoms with Crippen LogP contribution in [-0.4, -0.2) is 15.9 Å². The van der Waals surface area contributed by atoms with E-state index in [0.29, 0.717) is 22.6 Å². The molecule has 3 rings (SSSR count). The van der Waals surface area contributed by atoms with E-state index in [-0.39, 0.29) is 22.1 Å². The number of aromatic nitrogens is 2. The molecule has 128 valence electrons. The van der Waals surface area contributed by atoms with Crippen molar-refractivity contribution in [2.45, 2.75) is 13.8 Å². The van der Waals surface area contributed by atoms with Gasteiger partial charge in [0.2, 0.25) is 5.13 Å². The first-order valence-electron chi connectivity index (χ1n) is 7.21. The molecule has 2 heterocycles. The number of carbonyl (C=O) groups is 1. The second-order valence-corrected chi connectivity index (χ2v) is 6.32. The average Bonchev–Trinajstić information content (AvgIpc) is 2.83. The molecule has 1 amide bonds. The van der Waals surface area contributed by atoms with Crippen LogP contribution in [0.5, 0.6) is 0 Å². The Morgan fingerprint density at radius 2 is 1.60 bits per heavy atom. The van der Waals surface area contributed by atoms with Gasteiger partial charge in [0.15, 0.2) is 5.13 Å². The first kappa shape index (κ1) is 17.1. The summed E-state index contributed by atoms with van der Waals surface area (Å²) in [4.78, 5) is 20.3. The molecule has 1 N–H and O–H groups in total. The van der Waals surface area contributed by atoms with Gasteiger partial charge in [-0.15, -0.1) is 0 Å². The van der Waals surface area contributed by atoms with Crippen molar-refractivity contribution in [3.8, 4) is 11.1 Å². The minimum atomic E-state index is -0.718. The van der Waals surface area contributed by atoms with Crippen molar-refractivity contribution >= 4 is 22.4 Å². The van der Waals surface area contributed by atoms with Crippen LogP contribution in [0.25, 0.3) is 11.1 Å².